The van der Waals surface area contributed by atoms with Crippen molar-refractivity contribution in [3.8, 4) is 5.75 Å². The predicted octanol–water partition coefficient (Wildman–Crippen LogP) is 2.03. The second kappa shape index (κ2) is 5.66. The Labute approximate surface area is 118 Å². The molecule has 5 nitrogen and oxygen atoms in total. The van der Waals surface area contributed by atoms with Gasteiger partial charge in [0.2, 0.25) is 0 Å². The SMILES string of the molecule is CNC(c1c(F)cccc1OC)c1c(Br)nnn1C. The van der Waals surface area contributed by atoms with Gasteiger partial charge in [-0.2, -0.15) is 0 Å². The van der Waals surface area contributed by atoms with Gasteiger partial charge in [-0.25, -0.2) is 9.07 Å². The van der Waals surface area contributed by atoms with Gasteiger partial charge >= 0.3 is 0 Å². The largest absolute Gasteiger partial charge is 0.496 e. The van der Waals surface area contributed by atoms with Crippen molar-refractivity contribution in [1.29, 1.82) is 0 Å². The van der Waals surface area contributed by atoms with Crippen LogP contribution in [-0.4, -0.2) is 29.2 Å². The Balaban J connectivity index is 2.61. The lowest BCUT2D eigenvalue weighted by Crippen LogP contribution is -2.23. The molecule has 0 aliphatic carbocycles. The molecule has 0 aliphatic rings. The summed E-state index contributed by atoms with van der Waals surface area (Å²) in [6, 6.07) is 4.33. The molecule has 1 heterocycles. The molecule has 2 rings (SSSR count). The van der Waals surface area contributed by atoms with Crippen molar-refractivity contribution in [1.82, 2.24) is 20.3 Å². The Morgan fingerprint density at radius 1 is 1.47 bits per heavy atom. The summed E-state index contributed by atoms with van der Waals surface area (Å²) in [4.78, 5) is 0. The monoisotopic (exact) mass is 328 g/mol. The van der Waals surface area contributed by atoms with Crippen molar-refractivity contribution in [2.24, 2.45) is 7.05 Å². The summed E-state index contributed by atoms with van der Waals surface area (Å²) in [5.41, 5.74) is 1.16. The van der Waals surface area contributed by atoms with Crippen LogP contribution in [-0.2, 0) is 7.05 Å². The minimum atomic E-state index is -0.412. The molecular weight excluding hydrogens is 315 g/mol. The zero-order chi connectivity index (χ0) is 14.0. The molecule has 0 fully saturated rings. The third kappa shape index (κ3) is 2.48. The molecule has 0 bridgehead atoms. The zero-order valence-corrected chi connectivity index (χ0v) is 12.4. The maximum atomic E-state index is 14.1. The number of ether oxygens (including phenoxy) is 1. The highest BCUT2D eigenvalue weighted by molar-refractivity contribution is 9.10. The fourth-order valence-electron chi connectivity index (χ4n) is 2.04. The normalized spacial score (nSPS) is 12.5. The summed E-state index contributed by atoms with van der Waals surface area (Å²) in [6.45, 7) is 0. The van der Waals surface area contributed by atoms with E-state index >= 15 is 0 Å². The fourth-order valence-corrected chi connectivity index (χ4v) is 2.59. The van der Waals surface area contributed by atoms with Crippen LogP contribution >= 0.6 is 15.9 Å². The lowest BCUT2D eigenvalue weighted by Gasteiger charge is -2.20. The van der Waals surface area contributed by atoms with Crippen molar-refractivity contribution < 1.29 is 9.13 Å². The van der Waals surface area contributed by atoms with Crippen molar-refractivity contribution in [3.63, 3.8) is 0 Å². The first-order valence-electron chi connectivity index (χ1n) is 5.64. The predicted molar refractivity (Wildman–Crippen MR) is 72.6 cm³/mol. The summed E-state index contributed by atoms with van der Waals surface area (Å²) in [7, 11) is 5.02. The molecule has 0 saturated heterocycles. The number of nitrogens with one attached hydrogen (secondary N) is 1. The topological polar surface area (TPSA) is 52.0 Å². The fraction of sp³-hybridized carbons (Fsp3) is 0.333. The van der Waals surface area contributed by atoms with Crippen molar-refractivity contribution >= 4 is 15.9 Å². The van der Waals surface area contributed by atoms with Crippen LogP contribution in [0.3, 0.4) is 0 Å². The quantitative estimate of drug-likeness (QED) is 0.933. The van der Waals surface area contributed by atoms with Gasteiger partial charge in [-0.15, -0.1) is 5.10 Å². The Bertz CT molecular complexity index is 568. The minimum Gasteiger partial charge on any atom is -0.496 e. The molecule has 2 aromatic rings. The van der Waals surface area contributed by atoms with Crippen LogP contribution in [0.2, 0.25) is 0 Å². The van der Waals surface area contributed by atoms with Gasteiger partial charge in [-0.05, 0) is 35.1 Å². The number of hydrogen-bond acceptors (Lipinski definition) is 4. The Hall–Kier alpha value is -1.47. The van der Waals surface area contributed by atoms with Gasteiger partial charge in [0.05, 0.1) is 24.4 Å². The molecular formula is C12H14BrFN4O. The van der Waals surface area contributed by atoms with Crippen LogP contribution in [0.1, 0.15) is 17.3 Å². The number of methoxy groups -OCH3 is 1. The van der Waals surface area contributed by atoms with Gasteiger partial charge in [0.15, 0.2) is 4.60 Å². The standard InChI is InChI=1S/C12H14BrFN4O/c1-15-10(11-12(13)16-17-18(11)2)9-7(14)5-4-6-8(9)19-3/h4-6,10,15H,1-3H3. The highest BCUT2D eigenvalue weighted by Crippen LogP contribution is 2.34. The molecule has 0 amide bonds. The third-order valence-electron chi connectivity index (χ3n) is 2.91. The van der Waals surface area contributed by atoms with Gasteiger partial charge in [0.25, 0.3) is 0 Å². The molecule has 1 aromatic carbocycles. The van der Waals surface area contributed by atoms with E-state index in [2.05, 4.69) is 31.6 Å². The van der Waals surface area contributed by atoms with E-state index in [9.17, 15) is 4.39 Å². The van der Waals surface area contributed by atoms with Crippen LogP contribution in [0.15, 0.2) is 22.8 Å². The first kappa shape index (κ1) is 14.0. The highest BCUT2D eigenvalue weighted by atomic mass is 79.9. The van der Waals surface area contributed by atoms with Crippen molar-refractivity contribution in [2.45, 2.75) is 6.04 Å². The zero-order valence-electron chi connectivity index (χ0n) is 10.8. The summed E-state index contributed by atoms with van der Waals surface area (Å²) < 4.78 is 21.5. The van der Waals surface area contributed by atoms with E-state index in [1.165, 1.54) is 13.2 Å². The number of hydrogen-bond donors (Lipinski definition) is 1. The summed E-state index contributed by atoms with van der Waals surface area (Å²) in [6.07, 6.45) is 0. The molecule has 0 saturated carbocycles. The third-order valence-corrected chi connectivity index (χ3v) is 3.48. The minimum absolute atomic E-state index is 0.341. The van der Waals surface area contributed by atoms with Crippen LogP contribution in [0.5, 0.6) is 5.75 Å². The molecule has 7 heteroatoms. The first-order valence-corrected chi connectivity index (χ1v) is 6.44. The van der Waals surface area contributed by atoms with Crippen molar-refractivity contribution in [3.05, 3.63) is 39.9 Å². The van der Waals surface area contributed by atoms with Gasteiger partial charge in [-0.1, -0.05) is 11.3 Å². The van der Waals surface area contributed by atoms with E-state index in [4.69, 9.17) is 4.74 Å². The molecule has 1 atom stereocenters. The highest BCUT2D eigenvalue weighted by Gasteiger charge is 2.26. The van der Waals surface area contributed by atoms with E-state index in [0.717, 1.165) is 5.69 Å². The molecule has 0 aliphatic heterocycles. The van der Waals surface area contributed by atoms with E-state index in [1.54, 1.807) is 30.9 Å². The number of nitrogens with zero attached hydrogens (tertiary/aromatic N) is 3. The lowest BCUT2D eigenvalue weighted by molar-refractivity contribution is 0.397. The maximum absolute atomic E-state index is 14.1. The van der Waals surface area contributed by atoms with Gasteiger partial charge < -0.3 is 10.1 Å². The second-order valence-corrected chi connectivity index (χ2v) is 4.72. The molecule has 1 unspecified atom stereocenters. The Morgan fingerprint density at radius 2 is 2.21 bits per heavy atom. The van der Waals surface area contributed by atoms with E-state index in [0.29, 0.717) is 15.9 Å². The summed E-state index contributed by atoms with van der Waals surface area (Å²) in [5.74, 6) is 0.138. The molecule has 1 N–H and O–H groups in total. The molecule has 19 heavy (non-hydrogen) atoms. The summed E-state index contributed by atoms with van der Waals surface area (Å²) >= 11 is 3.33. The number of aryl methyl sites for hydroxylation is 1. The number of rotatable bonds is 4. The van der Waals surface area contributed by atoms with Crippen LogP contribution in [0, 0.1) is 5.82 Å². The van der Waals surface area contributed by atoms with Crippen molar-refractivity contribution in [2.75, 3.05) is 14.2 Å². The van der Waals surface area contributed by atoms with Gasteiger partial charge in [0.1, 0.15) is 11.6 Å². The van der Waals surface area contributed by atoms with Gasteiger partial charge in [-0.3, -0.25) is 0 Å². The summed E-state index contributed by atoms with van der Waals surface area (Å²) in [5, 5.41) is 10.9. The number of halogens is 2. The Kier molecular flexibility index (Phi) is 4.16. The maximum Gasteiger partial charge on any atom is 0.153 e. The van der Waals surface area contributed by atoms with Crippen LogP contribution in [0.4, 0.5) is 4.39 Å². The second-order valence-electron chi connectivity index (χ2n) is 3.97. The molecule has 102 valence electrons. The molecule has 0 spiro atoms. The first-order chi connectivity index (χ1) is 9.10. The number of aromatic nitrogens is 3. The number of benzene rings is 1. The average molecular weight is 329 g/mol. The molecule has 0 radical (unpaired) electrons. The van der Waals surface area contributed by atoms with Crippen LogP contribution < -0.4 is 10.1 Å². The van der Waals surface area contributed by atoms with E-state index in [1.807, 2.05) is 0 Å². The van der Waals surface area contributed by atoms with Crippen LogP contribution in [0.25, 0.3) is 0 Å². The van der Waals surface area contributed by atoms with E-state index in [-0.39, 0.29) is 5.82 Å². The molecule has 1 aromatic heterocycles. The Morgan fingerprint density at radius 3 is 2.74 bits per heavy atom. The van der Waals surface area contributed by atoms with Gasteiger partial charge in [0, 0.05) is 7.05 Å². The lowest BCUT2D eigenvalue weighted by atomic mass is 10.0. The average Bonchev–Trinajstić information content (AvgIpc) is 2.73. The van der Waals surface area contributed by atoms with E-state index < -0.39 is 6.04 Å². The smallest absolute Gasteiger partial charge is 0.153 e.